The van der Waals surface area contributed by atoms with Crippen LogP contribution in [0.15, 0.2) is 45.4 Å². The van der Waals surface area contributed by atoms with Crippen molar-refractivity contribution in [1.82, 2.24) is 4.98 Å². The van der Waals surface area contributed by atoms with Crippen LogP contribution in [0.2, 0.25) is 0 Å². The van der Waals surface area contributed by atoms with Gasteiger partial charge < -0.3 is 10.9 Å². The van der Waals surface area contributed by atoms with Gasteiger partial charge in [0, 0.05) is 10.6 Å². The second-order valence-electron chi connectivity index (χ2n) is 5.20. The number of nitrogens with zero attached hydrogens (tertiary/aromatic N) is 2. The van der Waals surface area contributed by atoms with Gasteiger partial charge in [0.2, 0.25) is 0 Å². The van der Waals surface area contributed by atoms with E-state index >= 15 is 0 Å². The number of pyridine rings is 1. The van der Waals surface area contributed by atoms with Crippen LogP contribution in [-0.2, 0) is 12.8 Å². The molecule has 2 aromatic rings. The Morgan fingerprint density at radius 2 is 2.19 bits per heavy atom. The maximum Gasteiger partial charge on any atom is 0.172 e. The molecule has 108 valence electrons. The van der Waals surface area contributed by atoms with Gasteiger partial charge in [0.15, 0.2) is 5.84 Å². The van der Waals surface area contributed by atoms with Crippen LogP contribution in [0.5, 0.6) is 0 Å². The van der Waals surface area contributed by atoms with E-state index in [9.17, 15) is 0 Å². The molecule has 0 saturated heterocycles. The Bertz CT molecular complexity index is 713. The van der Waals surface area contributed by atoms with Crippen LogP contribution in [0.25, 0.3) is 0 Å². The lowest BCUT2D eigenvalue weighted by Gasteiger charge is -2.10. The number of aryl methyl sites for hydroxylation is 3. The number of fused-ring (bicyclic) bond motifs is 1. The molecule has 3 N–H and O–H groups in total. The SMILES string of the molecule is Cc1cccc(Sc2nc3c(cc2C(N)=NO)CCC3)c1. The molecule has 0 spiro atoms. The minimum Gasteiger partial charge on any atom is -0.409 e. The lowest BCUT2D eigenvalue weighted by Crippen LogP contribution is -2.16. The second kappa shape index (κ2) is 5.77. The highest BCUT2D eigenvalue weighted by molar-refractivity contribution is 7.99. The van der Waals surface area contributed by atoms with Crippen LogP contribution in [-0.4, -0.2) is 16.0 Å². The summed E-state index contributed by atoms with van der Waals surface area (Å²) in [5.74, 6) is 0.118. The number of hydrogen-bond acceptors (Lipinski definition) is 4. The van der Waals surface area contributed by atoms with Gasteiger partial charge in [0.25, 0.3) is 0 Å². The van der Waals surface area contributed by atoms with Crippen molar-refractivity contribution in [2.24, 2.45) is 10.9 Å². The summed E-state index contributed by atoms with van der Waals surface area (Å²) in [6.45, 7) is 2.06. The molecule has 0 amide bonds. The molecular weight excluding hydrogens is 282 g/mol. The van der Waals surface area contributed by atoms with E-state index in [2.05, 4.69) is 24.2 Å². The Kier molecular flexibility index (Phi) is 3.84. The van der Waals surface area contributed by atoms with Crippen molar-refractivity contribution in [3.8, 4) is 0 Å². The lowest BCUT2D eigenvalue weighted by molar-refractivity contribution is 0.318. The highest BCUT2D eigenvalue weighted by Crippen LogP contribution is 2.32. The Morgan fingerprint density at radius 1 is 1.33 bits per heavy atom. The number of amidine groups is 1. The minimum atomic E-state index is 0.118. The normalized spacial score (nSPS) is 14.2. The van der Waals surface area contributed by atoms with E-state index in [-0.39, 0.29) is 5.84 Å². The van der Waals surface area contributed by atoms with Crippen molar-refractivity contribution in [2.45, 2.75) is 36.1 Å². The average molecular weight is 299 g/mol. The fourth-order valence-electron chi connectivity index (χ4n) is 2.56. The first-order valence-corrected chi connectivity index (χ1v) is 7.74. The molecule has 0 atom stereocenters. The molecular formula is C16H17N3OS. The molecule has 1 aliphatic rings. The number of benzene rings is 1. The first-order chi connectivity index (χ1) is 10.2. The Hall–Kier alpha value is -2.01. The molecule has 0 fully saturated rings. The number of aromatic nitrogens is 1. The first-order valence-electron chi connectivity index (χ1n) is 6.92. The van der Waals surface area contributed by atoms with E-state index in [0.717, 1.165) is 34.9 Å². The molecule has 3 rings (SSSR count). The van der Waals surface area contributed by atoms with Crippen molar-refractivity contribution < 1.29 is 5.21 Å². The highest BCUT2D eigenvalue weighted by atomic mass is 32.2. The van der Waals surface area contributed by atoms with Gasteiger partial charge in [-0.05, 0) is 49.9 Å². The van der Waals surface area contributed by atoms with Crippen LogP contribution in [0.3, 0.4) is 0 Å². The molecule has 0 bridgehead atoms. The summed E-state index contributed by atoms with van der Waals surface area (Å²) < 4.78 is 0. The minimum absolute atomic E-state index is 0.118. The first kappa shape index (κ1) is 13.9. The highest BCUT2D eigenvalue weighted by Gasteiger charge is 2.19. The molecule has 0 unspecified atom stereocenters. The number of oxime groups is 1. The predicted octanol–water partition coefficient (Wildman–Crippen LogP) is 3.12. The third-order valence-corrected chi connectivity index (χ3v) is 4.60. The quantitative estimate of drug-likeness (QED) is 0.395. The largest absolute Gasteiger partial charge is 0.409 e. The van der Waals surface area contributed by atoms with Gasteiger partial charge in [0.05, 0.1) is 5.56 Å². The van der Waals surface area contributed by atoms with Crippen molar-refractivity contribution in [3.63, 3.8) is 0 Å². The van der Waals surface area contributed by atoms with Gasteiger partial charge in [0.1, 0.15) is 5.03 Å². The fourth-order valence-corrected chi connectivity index (χ4v) is 3.60. The average Bonchev–Trinajstić information content (AvgIpc) is 2.93. The van der Waals surface area contributed by atoms with Crippen LogP contribution in [0.1, 0.15) is 28.8 Å². The molecule has 0 radical (unpaired) electrons. The molecule has 1 aromatic heterocycles. The van der Waals surface area contributed by atoms with E-state index in [0.29, 0.717) is 5.56 Å². The summed E-state index contributed by atoms with van der Waals surface area (Å²) in [7, 11) is 0. The van der Waals surface area contributed by atoms with Crippen LogP contribution >= 0.6 is 11.8 Å². The monoisotopic (exact) mass is 299 g/mol. The van der Waals surface area contributed by atoms with E-state index in [4.69, 9.17) is 15.9 Å². The third kappa shape index (κ3) is 2.88. The molecule has 5 heteroatoms. The fraction of sp³-hybridized carbons (Fsp3) is 0.250. The molecule has 21 heavy (non-hydrogen) atoms. The van der Waals surface area contributed by atoms with Crippen LogP contribution < -0.4 is 5.73 Å². The van der Waals surface area contributed by atoms with Crippen molar-refractivity contribution >= 4 is 17.6 Å². The van der Waals surface area contributed by atoms with E-state index < -0.39 is 0 Å². The molecule has 0 aliphatic heterocycles. The van der Waals surface area contributed by atoms with E-state index in [1.165, 1.54) is 11.1 Å². The summed E-state index contributed by atoms with van der Waals surface area (Å²) in [5, 5.41) is 12.9. The van der Waals surface area contributed by atoms with Gasteiger partial charge >= 0.3 is 0 Å². The zero-order chi connectivity index (χ0) is 14.8. The van der Waals surface area contributed by atoms with Crippen molar-refractivity contribution in [1.29, 1.82) is 0 Å². The van der Waals surface area contributed by atoms with Crippen LogP contribution in [0, 0.1) is 6.92 Å². The molecule has 4 nitrogen and oxygen atoms in total. The molecule has 0 saturated carbocycles. The summed E-state index contributed by atoms with van der Waals surface area (Å²) >= 11 is 1.56. The smallest absolute Gasteiger partial charge is 0.172 e. The van der Waals surface area contributed by atoms with Crippen LogP contribution in [0.4, 0.5) is 0 Å². The topological polar surface area (TPSA) is 71.5 Å². The Labute approximate surface area is 128 Å². The summed E-state index contributed by atoms with van der Waals surface area (Å²) in [6.07, 6.45) is 3.15. The van der Waals surface area contributed by atoms with Crippen molar-refractivity contribution in [2.75, 3.05) is 0 Å². The Morgan fingerprint density at radius 3 is 2.95 bits per heavy atom. The number of hydrogen-bond donors (Lipinski definition) is 2. The van der Waals surface area contributed by atoms with Gasteiger partial charge in [-0.2, -0.15) is 0 Å². The summed E-state index contributed by atoms with van der Waals surface area (Å²) in [6, 6.07) is 10.2. The van der Waals surface area contributed by atoms with Gasteiger partial charge in [-0.1, -0.05) is 34.6 Å². The third-order valence-electron chi connectivity index (χ3n) is 3.60. The van der Waals surface area contributed by atoms with E-state index in [1.54, 1.807) is 11.8 Å². The van der Waals surface area contributed by atoms with E-state index in [1.807, 2.05) is 18.2 Å². The summed E-state index contributed by atoms with van der Waals surface area (Å²) in [4.78, 5) is 5.84. The zero-order valence-electron chi connectivity index (χ0n) is 11.8. The van der Waals surface area contributed by atoms with Gasteiger partial charge in [-0.15, -0.1) is 0 Å². The van der Waals surface area contributed by atoms with Gasteiger partial charge in [-0.3, -0.25) is 0 Å². The summed E-state index contributed by atoms with van der Waals surface area (Å²) in [5.41, 5.74) is 10.1. The lowest BCUT2D eigenvalue weighted by atomic mass is 10.1. The zero-order valence-corrected chi connectivity index (χ0v) is 12.7. The van der Waals surface area contributed by atoms with Gasteiger partial charge in [-0.25, -0.2) is 4.98 Å². The number of nitrogens with two attached hydrogens (primary N) is 1. The maximum atomic E-state index is 9.00. The molecule has 1 heterocycles. The molecule has 1 aromatic carbocycles. The molecule has 1 aliphatic carbocycles. The maximum absolute atomic E-state index is 9.00. The number of rotatable bonds is 3. The van der Waals surface area contributed by atoms with Crippen molar-refractivity contribution in [3.05, 3.63) is 52.7 Å². The predicted molar refractivity (Wildman–Crippen MR) is 84.1 cm³/mol. The second-order valence-corrected chi connectivity index (χ2v) is 6.27. The standard InChI is InChI=1S/C16H17N3OS/c1-10-4-2-6-12(8-10)21-16-13(15(17)19-20)9-11-5-3-7-14(11)18-16/h2,4,6,8-9,20H,3,5,7H2,1H3,(H2,17,19). The Balaban J connectivity index is 2.04.